The first-order chi connectivity index (χ1) is 10.6. The van der Waals surface area contributed by atoms with Gasteiger partial charge >= 0.3 is 0 Å². The molecule has 0 radical (unpaired) electrons. The second-order valence-electron chi connectivity index (χ2n) is 4.65. The van der Waals surface area contributed by atoms with E-state index in [4.69, 9.17) is 16.7 Å². The first kappa shape index (κ1) is 18.1. The Morgan fingerprint density at radius 1 is 1.13 bits per heavy atom. The van der Waals surface area contributed by atoms with Crippen LogP contribution in [0.1, 0.15) is 11.1 Å². The molecule has 0 spiro atoms. The molecule has 122 valence electrons. The lowest BCUT2D eigenvalue weighted by Crippen LogP contribution is -2.53. The number of nitrogens with two attached hydrogens (primary N) is 2. The predicted molar refractivity (Wildman–Crippen MR) is 79.0 cm³/mol. The maximum Gasteiger partial charge on any atom is 0.249 e. The van der Waals surface area contributed by atoms with Crippen LogP contribution < -0.4 is 16.8 Å². The number of benzene rings is 1. The number of nitriles is 1. The number of carbonyl (C=O) groups excluding carboxylic acids is 3. The maximum atomic E-state index is 11.9. The molecule has 23 heavy (non-hydrogen) atoms. The summed E-state index contributed by atoms with van der Waals surface area (Å²) < 4.78 is 23.9. The number of carbonyl (C=O) groups is 3. The molecule has 10 heteroatoms. The molecule has 0 heterocycles. The number of amides is 3. The summed E-state index contributed by atoms with van der Waals surface area (Å²) in [5.41, 5.74) is 10.5. The lowest BCUT2D eigenvalue weighted by atomic mass is 10.2. The van der Waals surface area contributed by atoms with Gasteiger partial charge in [-0.15, -0.1) is 0 Å². The molecule has 0 aliphatic heterocycles. The zero-order chi connectivity index (χ0) is 17.6. The summed E-state index contributed by atoms with van der Waals surface area (Å²) in [5.74, 6) is -4.82. The molecule has 1 aromatic carbocycles. The standard InChI is InChI=1S/C13H14N4O5S/c14-5-8-1-3-9(4-2-8)6-23(21,22)7-10(18)17-11(12(15)19)13(16)20/h1-4,11H,6-7H2,(H2,15,19)(H2,16,20)(H,17,18). The number of primary amides is 2. The van der Waals surface area contributed by atoms with Crippen LogP contribution in [0.4, 0.5) is 0 Å². The highest BCUT2D eigenvalue weighted by molar-refractivity contribution is 7.91. The van der Waals surface area contributed by atoms with Crippen LogP contribution >= 0.6 is 0 Å². The Kier molecular flexibility index (Phi) is 5.81. The van der Waals surface area contributed by atoms with Crippen LogP contribution in [0.3, 0.4) is 0 Å². The zero-order valence-electron chi connectivity index (χ0n) is 11.9. The molecule has 0 fully saturated rings. The molecule has 0 saturated carbocycles. The molecule has 0 bridgehead atoms. The molecular weight excluding hydrogens is 324 g/mol. The van der Waals surface area contributed by atoms with Crippen LogP contribution in [0.15, 0.2) is 24.3 Å². The van der Waals surface area contributed by atoms with Crippen LogP contribution in [0.5, 0.6) is 0 Å². The van der Waals surface area contributed by atoms with Crippen molar-refractivity contribution in [3.63, 3.8) is 0 Å². The van der Waals surface area contributed by atoms with Gasteiger partial charge in [0, 0.05) is 0 Å². The molecular formula is C13H14N4O5S. The molecule has 1 rings (SSSR count). The number of nitrogens with one attached hydrogen (secondary N) is 1. The van der Waals surface area contributed by atoms with E-state index in [1.807, 2.05) is 11.4 Å². The minimum Gasteiger partial charge on any atom is -0.367 e. The lowest BCUT2D eigenvalue weighted by Gasteiger charge is -2.12. The first-order valence-corrected chi connectivity index (χ1v) is 8.04. The minimum atomic E-state index is -3.85. The summed E-state index contributed by atoms with van der Waals surface area (Å²) >= 11 is 0. The van der Waals surface area contributed by atoms with Gasteiger partial charge in [-0.2, -0.15) is 5.26 Å². The third-order valence-electron chi connectivity index (χ3n) is 2.69. The average molecular weight is 338 g/mol. The predicted octanol–water partition coefficient (Wildman–Crippen LogP) is -2.07. The molecule has 1 aromatic rings. The summed E-state index contributed by atoms with van der Waals surface area (Å²) in [6, 6.07) is 5.91. The van der Waals surface area contributed by atoms with Crippen molar-refractivity contribution in [2.45, 2.75) is 11.8 Å². The van der Waals surface area contributed by atoms with Gasteiger partial charge in [0.1, 0.15) is 5.75 Å². The highest BCUT2D eigenvalue weighted by atomic mass is 32.2. The van der Waals surface area contributed by atoms with Crippen LogP contribution in [-0.2, 0) is 30.0 Å². The van der Waals surface area contributed by atoms with E-state index >= 15 is 0 Å². The van der Waals surface area contributed by atoms with E-state index in [0.29, 0.717) is 11.1 Å². The third-order valence-corrected chi connectivity index (χ3v) is 4.17. The summed E-state index contributed by atoms with van der Waals surface area (Å²) in [7, 11) is -3.85. The van der Waals surface area contributed by atoms with Gasteiger partial charge in [0.2, 0.25) is 17.7 Å². The largest absolute Gasteiger partial charge is 0.367 e. The number of sulfone groups is 1. The molecule has 0 atom stereocenters. The number of hydrogen-bond donors (Lipinski definition) is 3. The molecule has 5 N–H and O–H groups in total. The molecule has 3 amide bonds. The fraction of sp³-hybridized carbons (Fsp3) is 0.231. The molecule has 0 saturated heterocycles. The van der Waals surface area contributed by atoms with Crippen LogP contribution in [-0.4, -0.2) is 37.9 Å². The topological polar surface area (TPSA) is 173 Å². The molecule has 9 nitrogen and oxygen atoms in total. The van der Waals surface area contributed by atoms with Gasteiger partial charge in [0.05, 0.1) is 17.4 Å². The highest BCUT2D eigenvalue weighted by Crippen LogP contribution is 2.08. The zero-order valence-corrected chi connectivity index (χ0v) is 12.7. The Bertz CT molecular complexity index is 751. The Morgan fingerprint density at radius 3 is 2.09 bits per heavy atom. The van der Waals surface area contributed by atoms with Gasteiger partial charge in [-0.05, 0) is 17.7 Å². The van der Waals surface area contributed by atoms with Crippen molar-refractivity contribution >= 4 is 27.6 Å². The summed E-state index contributed by atoms with van der Waals surface area (Å²) in [6.45, 7) is 0. The quantitative estimate of drug-likeness (QED) is 0.481. The van der Waals surface area contributed by atoms with Crippen LogP contribution in [0, 0.1) is 11.3 Å². The van der Waals surface area contributed by atoms with Gasteiger partial charge < -0.3 is 16.8 Å². The monoisotopic (exact) mass is 338 g/mol. The summed E-state index contributed by atoms with van der Waals surface area (Å²) in [5, 5.41) is 10.5. The second-order valence-corrected chi connectivity index (χ2v) is 6.71. The Balaban J connectivity index is 2.73. The average Bonchev–Trinajstić information content (AvgIpc) is 2.44. The van der Waals surface area contributed by atoms with E-state index in [1.54, 1.807) is 0 Å². The first-order valence-electron chi connectivity index (χ1n) is 6.22. The summed E-state index contributed by atoms with van der Waals surface area (Å²) in [4.78, 5) is 33.5. The van der Waals surface area contributed by atoms with Crippen molar-refractivity contribution < 1.29 is 22.8 Å². The van der Waals surface area contributed by atoms with Crippen LogP contribution in [0.2, 0.25) is 0 Å². The van der Waals surface area contributed by atoms with E-state index in [2.05, 4.69) is 0 Å². The van der Waals surface area contributed by atoms with Gasteiger partial charge in [-0.3, -0.25) is 14.4 Å². The Hall–Kier alpha value is -2.93. The Labute approximate surface area is 132 Å². The lowest BCUT2D eigenvalue weighted by molar-refractivity contribution is -0.133. The number of rotatable bonds is 7. The molecule has 0 aromatic heterocycles. The van der Waals surface area contributed by atoms with E-state index in [-0.39, 0.29) is 0 Å². The normalized spacial score (nSPS) is 10.8. The number of hydrogen-bond acceptors (Lipinski definition) is 6. The fourth-order valence-corrected chi connectivity index (χ4v) is 2.95. The van der Waals surface area contributed by atoms with Gasteiger partial charge in [0.15, 0.2) is 15.9 Å². The summed E-state index contributed by atoms with van der Waals surface area (Å²) in [6.07, 6.45) is 0. The minimum absolute atomic E-state index is 0.370. The SMILES string of the molecule is N#Cc1ccc(CS(=O)(=O)CC(=O)NC(C(N)=O)C(N)=O)cc1. The van der Waals surface area contributed by atoms with Crippen molar-refractivity contribution in [3.8, 4) is 6.07 Å². The van der Waals surface area contributed by atoms with Gasteiger partial charge in [0.25, 0.3) is 0 Å². The molecule has 0 aliphatic carbocycles. The Morgan fingerprint density at radius 2 is 1.65 bits per heavy atom. The maximum absolute atomic E-state index is 11.9. The van der Waals surface area contributed by atoms with Crippen molar-refractivity contribution in [1.29, 1.82) is 5.26 Å². The smallest absolute Gasteiger partial charge is 0.249 e. The molecule has 0 unspecified atom stereocenters. The van der Waals surface area contributed by atoms with Gasteiger partial charge in [-0.25, -0.2) is 8.42 Å². The van der Waals surface area contributed by atoms with E-state index in [0.717, 1.165) is 0 Å². The van der Waals surface area contributed by atoms with Crippen molar-refractivity contribution in [1.82, 2.24) is 5.32 Å². The van der Waals surface area contributed by atoms with E-state index < -0.39 is 45.1 Å². The highest BCUT2D eigenvalue weighted by Gasteiger charge is 2.26. The molecule has 0 aliphatic rings. The van der Waals surface area contributed by atoms with Gasteiger partial charge in [-0.1, -0.05) is 12.1 Å². The second kappa shape index (κ2) is 7.37. The van der Waals surface area contributed by atoms with E-state index in [9.17, 15) is 22.8 Å². The number of nitrogens with zero attached hydrogens (tertiary/aromatic N) is 1. The van der Waals surface area contributed by atoms with Crippen molar-refractivity contribution in [2.75, 3.05) is 5.75 Å². The van der Waals surface area contributed by atoms with E-state index in [1.165, 1.54) is 24.3 Å². The fourth-order valence-electron chi connectivity index (χ4n) is 1.67. The van der Waals surface area contributed by atoms with Crippen molar-refractivity contribution in [3.05, 3.63) is 35.4 Å². The van der Waals surface area contributed by atoms with Crippen molar-refractivity contribution in [2.24, 2.45) is 11.5 Å². The third kappa shape index (κ3) is 5.76. The van der Waals surface area contributed by atoms with Crippen LogP contribution in [0.25, 0.3) is 0 Å².